The number of sulfone groups is 1. The molecular weight excluding hydrogens is 527 g/mol. The second-order valence-electron chi connectivity index (χ2n) is 9.08. The normalized spacial score (nSPS) is 16.2. The second-order valence-corrected chi connectivity index (χ2v) is 12.4. The van der Waals surface area contributed by atoms with E-state index in [1.54, 1.807) is 0 Å². The van der Waals surface area contributed by atoms with Crippen molar-refractivity contribution >= 4 is 32.2 Å². The molecule has 0 fully saturated rings. The van der Waals surface area contributed by atoms with Crippen LogP contribution in [0.3, 0.4) is 0 Å². The minimum atomic E-state index is -4.37. The van der Waals surface area contributed by atoms with E-state index in [0.29, 0.717) is 18.2 Å². The Balaban J connectivity index is 1.41. The van der Waals surface area contributed by atoms with Crippen LogP contribution < -0.4 is 5.32 Å². The van der Waals surface area contributed by atoms with Gasteiger partial charge in [-0.25, -0.2) is 23.4 Å². The molecule has 37 heavy (non-hydrogen) atoms. The Labute approximate surface area is 216 Å². The fraction of sp³-hybridized carbons (Fsp3) is 0.417. The summed E-state index contributed by atoms with van der Waals surface area (Å²) < 4.78 is 62.4. The largest absolute Gasteiger partial charge is 0.416 e. The van der Waals surface area contributed by atoms with Crippen molar-refractivity contribution in [3.05, 3.63) is 64.2 Å². The zero-order valence-electron chi connectivity index (χ0n) is 20.4. The summed E-state index contributed by atoms with van der Waals surface area (Å²) in [7, 11) is -3.42. The number of hydrogen-bond acceptors (Lipinski definition) is 8. The highest BCUT2D eigenvalue weighted by Crippen LogP contribution is 2.43. The molecule has 1 N–H and O–H groups in total. The molecule has 0 unspecified atom stereocenters. The van der Waals surface area contributed by atoms with Crippen LogP contribution in [0.4, 0.5) is 18.3 Å². The van der Waals surface area contributed by atoms with Crippen molar-refractivity contribution in [3.63, 3.8) is 0 Å². The van der Waals surface area contributed by atoms with Crippen LogP contribution in [0.1, 0.15) is 54.3 Å². The smallest absolute Gasteiger partial charge is 0.302 e. The lowest BCUT2D eigenvalue weighted by molar-refractivity contribution is -0.137. The third-order valence-corrected chi connectivity index (χ3v) is 8.69. The molecule has 1 aliphatic rings. The lowest BCUT2D eigenvalue weighted by Gasteiger charge is -2.27. The molecule has 1 amide bonds. The maximum atomic E-state index is 12.9. The Morgan fingerprint density at radius 1 is 1.19 bits per heavy atom. The minimum Gasteiger partial charge on any atom is -0.302 e. The quantitative estimate of drug-likeness (QED) is 0.433. The zero-order valence-corrected chi connectivity index (χ0v) is 22.0. The van der Waals surface area contributed by atoms with Crippen molar-refractivity contribution in [2.45, 2.75) is 57.4 Å². The number of anilines is 1. The molecular formula is C24H26F3N5O3S2. The van der Waals surface area contributed by atoms with Gasteiger partial charge in [-0.3, -0.25) is 9.69 Å². The monoisotopic (exact) mass is 553 g/mol. The number of alkyl halides is 3. The summed E-state index contributed by atoms with van der Waals surface area (Å²) in [6.07, 6.45) is -2.10. The summed E-state index contributed by atoms with van der Waals surface area (Å²) in [6.45, 7) is 6.68. The van der Waals surface area contributed by atoms with E-state index in [0.717, 1.165) is 28.3 Å². The van der Waals surface area contributed by atoms with Crippen molar-refractivity contribution in [1.82, 2.24) is 19.9 Å². The SMILES string of the molecule is CCS(=O)(=O)c1cnc(CC(=O)Nc2nc3c(s2)CN(Cc2ccc(C(F)(F)F)cc2)[C@H]3C(C)C)nc1. The van der Waals surface area contributed by atoms with Gasteiger partial charge in [0.1, 0.15) is 10.7 Å². The molecule has 0 radical (unpaired) electrons. The van der Waals surface area contributed by atoms with Crippen LogP contribution >= 0.6 is 11.3 Å². The molecule has 3 heterocycles. The first-order valence-electron chi connectivity index (χ1n) is 11.6. The number of benzene rings is 1. The van der Waals surface area contributed by atoms with Gasteiger partial charge in [0.05, 0.1) is 29.5 Å². The van der Waals surface area contributed by atoms with Gasteiger partial charge in [0.15, 0.2) is 15.0 Å². The number of rotatable bonds is 8. The van der Waals surface area contributed by atoms with E-state index < -0.39 is 21.6 Å². The van der Waals surface area contributed by atoms with Gasteiger partial charge in [-0.2, -0.15) is 13.2 Å². The van der Waals surface area contributed by atoms with Crippen LogP contribution in [-0.2, 0) is 40.3 Å². The van der Waals surface area contributed by atoms with Crippen LogP contribution in [0.2, 0.25) is 0 Å². The van der Waals surface area contributed by atoms with E-state index in [2.05, 4.69) is 39.0 Å². The Morgan fingerprint density at radius 2 is 1.84 bits per heavy atom. The molecule has 1 aromatic carbocycles. The number of aromatic nitrogens is 3. The highest BCUT2D eigenvalue weighted by atomic mass is 32.2. The van der Waals surface area contributed by atoms with Gasteiger partial charge in [-0.15, -0.1) is 11.3 Å². The topological polar surface area (TPSA) is 105 Å². The van der Waals surface area contributed by atoms with Gasteiger partial charge >= 0.3 is 6.18 Å². The third-order valence-electron chi connectivity index (χ3n) is 6.03. The average Bonchev–Trinajstić information content (AvgIpc) is 3.35. The Kier molecular flexibility index (Phi) is 7.67. The number of fused-ring (bicyclic) bond motifs is 1. The molecule has 198 valence electrons. The summed E-state index contributed by atoms with van der Waals surface area (Å²) in [5, 5.41) is 3.21. The van der Waals surface area contributed by atoms with E-state index in [1.807, 2.05) is 0 Å². The molecule has 13 heteroatoms. The Bertz CT molecular complexity index is 1370. The first kappa shape index (κ1) is 27.1. The van der Waals surface area contributed by atoms with Gasteiger partial charge < -0.3 is 5.32 Å². The van der Waals surface area contributed by atoms with E-state index in [-0.39, 0.29) is 40.8 Å². The predicted molar refractivity (Wildman–Crippen MR) is 132 cm³/mol. The van der Waals surface area contributed by atoms with E-state index in [1.165, 1.54) is 42.8 Å². The van der Waals surface area contributed by atoms with Crippen molar-refractivity contribution < 1.29 is 26.4 Å². The zero-order chi connectivity index (χ0) is 27.0. The fourth-order valence-electron chi connectivity index (χ4n) is 4.21. The predicted octanol–water partition coefficient (Wildman–Crippen LogP) is 4.64. The Morgan fingerprint density at radius 3 is 2.41 bits per heavy atom. The number of hydrogen-bond donors (Lipinski definition) is 1. The van der Waals surface area contributed by atoms with Crippen molar-refractivity contribution in [1.29, 1.82) is 0 Å². The molecule has 2 aromatic heterocycles. The van der Waals surface area contributed by atoms with Gasteiger partial charge in [0.2, 0.25) is 5.91 Å². The number of nitrogens with one attached hydrogen (secondary N) is 1. The van der Waals surface area contributed by atoms with Gasteiger partial charge in [0, 0.05) is 30.4 Å². The number of carbonyl (C=O) groups excluding carboxylic acids is 1. The first-order chi connectivity index (χ1) is 17.4. The highest BCUT2D eigenvalue weighted by molar-refractivity contribution is 7.91. The second kappa shape index (κ2) is 10.5. The molecule has 8 nitrogen and oxygen atoms in total. The molecule has 0 spiro atoms. The molecule has 4 rings (SSSR count). The lowest BCUT2D eigenvalue weighted by Crippen LogP contribution is -2.26. The van der Waals surface area contributed by atoms with Gasteiger partial charge in [0.25, 0.3) is 0 Å². The summed E-state index contributed by atoms with van der Waals surface area (Å²) in [5.74, 6) is -0.0577. The van der Waals surface area contributed by atoms with Crippen LogP contribution in [0.5, 0.6) is 0 Å². The van der Waals surface area contributed by atoms with Crippen molar-refractivity contribution in [2.75, 3.05) is 11.1 Å². The average molecular weight is 554 g/mol. The molecule has 1 aliphatic heterocycles. The summed E-state index contributed by atoms with van der Waals surface area (Å²) in [5.41, 5.74) is 0.958. The van der Waals surface area contributed by atoms with Crippen LogP contribution in [0, 0.1) is 5.92 Å². The van der Waals surface area contributed by atoms with E-state index in [9.17, 15) is 26.4 Å². The van der Waals surface area contributed by atoms with Crippen molar-refractivity contribution in [2.24, 2.45) is 5.92 Å². The first-order valence-corrected chi connectivity index (χ1v) is 14.1. The molecule has 0 aliphatic carbocycles. The van der Waals surface area contributed by atoms with Crippen molar-refractivity contribution in [3.8, 4) is 0 Å². The minimum absolute atomic E-state index is 0.0103. The highest BCUT2D eigenvalue weighted by Gasteiger charge is 2.36. The van der Waals surface area contributed by atoms with E-state index >= 15 is 0 Å². The third kappa shape index (κ3) is 6.16. The Hall–Kier alpha value is -2.90. The maximum Gasteiger partial charge on any atom is 0.416 e. The fourth-order valence-corrected chi connectivity index (χ4v) is 6.01. The molecule has 3 aromatic rings. The maximum absolute atomic E-state index is 12.9. The molecule has 1 atom stereocenters. The number of nitrogens with zero attached hydrogens (tertiary/aromatic N) is 4. The molecule has 0 bridgehead atoms. The van der Waals surface area contributed by atoms with Gasteiger partial charge in [-0.05, 0) is 23.6 Å². The number of halogens is 3. The van der Waals surface area contributed by atoms with Crippen LogP contribution in [0.25, 0.3) is 0 Å². The van der Waals surface area contributed by atoms with Crippen LogP contribution in [-0.4, -0.2) is 39.9 Å². The van der Waals surface area contributed by atoms with E-state index in [4.69, 9.17) is 0 Å². The molecule has 0 saturated heterocycles. The standard InChI is InChI=1S/C24H26F3N5O3S2/c1-4-37(34,35)17-10-28-19(29-11-17)9-20(33)30-23-31-21-18(36-23)13-32(22(21)14(2)3)12-15-5-7-16(8-6-15)24(25,26)27/h5-8,10-11,14,22H,4,9,12-13H2,1-3H3,(H,30,31,33)/t22-/m0/s1. The lowest BCUT2D eigenvalue weighted by atomic mass is 10.0. The van der Waals surface area contributed by atoms with Crippen LogP contribution in [0.15, 0.2) is 41.6 Å². The molecule has 0 saturated carbocycles. The number of amides is 1. The number of carbonyl (C=O) groups is 1. The summed E-state index contributed by atoms with van der Waals surface area (Å²) in [6, 6.07) is 5.14. The number of thiazole rings is 1. The summed E-state index contributed by atoms with van der Waals surface area (Å²) >= 11 is 1.36. The summed E-state index contributed by atoms with van der Waals surface area (Å²) in [4.78, 5) is 28.3. The van der Waals surface area contributed by atoms with Gasteiger partial charge in [-0.1, -0.05) is 32.9 Å².